The maximum absolute atomic E-state index is 13.6. The number of amides is 4. The van der Waals surface area contributed by atoms with E-state index in [1.165, 1.54) is 4.57 Å². The average molecular weight is 525 g/mol. The van der Waals surface area contributed by atoms with Crippen LogP contribution in [0, 0.1) is 6.92 Å². The predicted molar refractivity (Wildman–Crippen MR) is 143 cm³/mol. The molecule has 4 amide bonds. The molecule has 6 rings (SSSR count). The lowest BCUT2D eigenvalue weighted by atomic mass is 10.0. The molecule has 11 nitrogen and oxygen atoms in total. The third kappa shape index (κ3) is 3.73. The van der Waals surface area contributed by atoms with E-state index in [0.29, 0.717) is 16.9 Å². The molecule has 4 aromatic rings. The molecule has 196 valence electrons. The highest BCUT2D eigenvalue weighted by Gasteiger charge is 2.45. The highest BCUT2D eigenvalue weighted by Crippen LogP contribution is 2.38. The number of aryl methyl sites for hydroxylation is 3. The molecule has 0 saturated carbocycles. The summed E-state index contributed by atoms with van der Waals surface area (Å²) in [5.74, 6) is -2.29. The number of benzene rings is 2. The summed E-state index contributed by atoms with van der Waals surface area (Å²) < 4.78 is 3.10. The molecular weight excluding hydrogens is 500 g/mol. The van der Waals surface area contributed by atoms with E-state index in [4.69, 9.17) is 0 Å². The van der Waals surface area contributed by atoms with Crippen molar-refractivity contribution < 1.29 is 19.2 Å². The first kappa shape index (κ1) is 24.3. The van der Waals surface area contributed by atoms with Crippen molar-refractivity contribution in [3.8, 4) is 11.1 Å². The Morgan fingerprint density at radius 2 is 1.64 bits per heavy atom. The summed E-state index contributed by atoms with van der Waals surface area (Å²) in [6.07, 6.45) is 1.81. The minimum atomic E-state index is -1.06. The van der Waals surface area contributed by atoms with Crippen molar-refractivity contribution in [2.24, 2.45) is 14.1 Å². The number of pyridine rings is 1. The number of nitrogens with one attached hydrogen (secondary N) is 2. The Morgan fingerprint density at radius 1 is 0.897 bits per heavy atom. The van der Waals surface area contributed by atoms with Gasteiger partial charge in [-0.05, 0) is 55.3 Å². The first-order chi connectivity index (χ1) is 18.7. The molecule has 0 radical (unpaired) electrons. The van der Waals surface area contributed by atoms with Gasteiger partial charge in [-0.15, -0.1) is 0 Å². The number of anilines is 2. The van der Waals surface area contributed by atoms with Crippen LogP contribution in [0.5, 0.6) is 0 Å². The van der Waals surface area contributed by atoms with Crippen LogP contribution < -0.4 is 16.3 Å². The van der Waals surface area contributed by atoms with Crippen LogP contribution in [0.15, 0.2) is 53.5 Å². The quantitative estimate of drug-likeness (QED) is 0.391. The van der Waals surface area contributed by atoms with Crippen molar-refractivity contribution in [1.82, 2.24) is 24.3 Å². The van der Waals surface area contributed by atoms with Gasteiger partial charge in [0, 0.05) is 43.7 Å². The smallest absolute Gasteiger partial charge is 0.328 e. The van der Waals surface area contributed by atoms with Gasteiger partial charge in [0.1, 0.15) is 6.04 Å². The van der Waals surface area contributed by atoms with Crippen molar-refractivity contribution in [2.45, 2.75) is 25.8 Å². The second kappa shape index (κ2) is 8.76. The van der Waals surface area contributed by atoms with E-state index in [1.807, 2.05) is 31.2 Å². The lowest BCUT2D eigenvalue weighted by molar-refractivity contribution is -0.136. The number of hydrogen-bond donors (Lipinski definition) is 2. The molecule has 11 heteroatoms. The lowest BCUT2D eigenvalue weighted by Crippen LogP contribution is -2.54. The Hall–Kier alpha value is -5.06. The number of fused-ring (bicyclic) bond motifs is 2. The molecule has 1 atom stereocenters. The molecule has 0 unspecified atom stereocenters. The van der Waals surface area contributed by atoms with Gasteiger partial charge in [-0.3, -0.25) is 43.5 Å². The van der Waals surface area contributed by atoms with Crippen molar-refractivity contribution >= 4 is 46.0 Å². The molecule has 2 aromatic carbocycles. The molecule has 0 spiro atoms. The van der Waals surface area contributed by atoms with E-state index < -0.39 is 29.7 Å². The van der Waals surface area contributed by atoms with E-state index >= 15 is 0 Å². The number of nitrogens with zero attached hydrogens (tertiary/aromatic N) is 4. The molecule has 4 heterocycles. The topological polar surface area (TPSA) is 135 Å². The van der Waals surface area contributed by atoms with Crippen molar-refractivity contribution in [1.29, 1.82) is 0 Å². The SMILES string of the molecule is Cc1cc(-c2cc3c(cc2Nc2cccc4c2C(=O)N([C@H]2CCC(=O)NC2=O)C4=O)n(C)c(=O)n3C)ccn1. The van der Waals surface area contributed by atoms with Crippen LogP contribution in [0.4, 0.5) is 11.4 Å². The number of piperidine rings is 1. The van der Waals surface area contributed by atoms with Crippen LogP contribution in [-0.4, -0.2) is 48.7 Å². The summed E-state index contributed by atoms with van der Waals surface area (Å²) in [7, 11) is 3.39. The number of hydrogen-bond acceptors (Lipinski definition) is 7. The summed E-state index contributed by atoms with van der Waals surface area (Å²) in [4.78, 5) is 68.9. The van der Waals surface area contributed by atoms with Gasteiger partial charge >= 0.3 is 5.69 Å². The van der Waals surface area contributed by atoms with E-state index in [2.05, 4.69) is 15.6 Å². The second-order valence-electron chi connectivity index (χ2n) is 9.77. The summed E-state index contributed by atoms with van der Waals surface area (Å²) in [5.41, 5.74) is 4.97. The number of aromatic nitrogens is 3. The Kier molecular flexibility index (Phi) is 5.45. The van der Waals surface area contributed by atoms with Crippen LogP contribution >= 0.6 is 0 Å². The Bertz CT molecular complexity index is 1820. The monoisotopic (exact) mass is 524 g/mol. The fourth-order valence-electron chi connectivity index (χ4n) is 5.36. The van der Waals surface area contributed by atoms with Gasteiger partial charge in [0.15, 0.2) is 0 Å². The molecule has 2 aliphatic rings. The zero-order valence-electron chi connectivity index (χ0n) is 21.4. The first-order valence-electron chi connectivity index (χ1n) is 12.4. The molecular formula is C28H24N6O5. The summed E-state index contributed by atoms with van der Waals surface area (Å²) in [6, 6.07) is 11.3. The van der Waals surface area contributed by atoms with E-state index in [0.717, 1.165) is 27.2 Å². The number of rotatable bonds is 4. The van der Waals surface area contributed by atoms with Gasteiger partial charge < -0.3 is 5.32 Å². The van der Waals surface area contributed by atoms with Gasteiger partial charge in [-0.2, -0.15) is 0 Å². The minimum Gasteiger partial charge on any atom is -0.354 e. The maximum atomic E-state index is 13.6. The second-order valence-corrected chi connectivity index (χ2v) is 9.77. The zero-order valence-corrected chi connectivity index (χ0v) is 21.4. The van der Waals surface area contributed by atoms with Crippen LogP contribution in [0.25, 0.3) is 22.2 Å². The fourth-order valence-corrected chi connectivity index (χ4v) is 5.36. The van der Waals surface area contributed by atoms with Crippen molar-refractivity contribution in [3.05, 3.63) is 76.0 Å². The normalized spacial score (nSPS) is 17.1. The number of imidazole rings is 1. The lowest BCUT2D eigenvalue weighted by Gasteiger charge is -2.27. The molecule has 39 heavy (non-hydrogen) atoms. The Morgan fingerprint density at radius 3 is 2.36 bits per heavy atom. The zero-order chi connectivity index (χ0) is 27.6. The van der Waals surface area contributed by atoms with Gasteiger partial charge in [-0.25, -0.2) is 4.79 Å². The fraction of sp³-hybridized carbons (Fsp3) is 0.214. The largest absolute Gasteiger partial charge is 0.354 e. The van der Waals surface area contributed by atoms with Crippen LogP contribution in [-0.2, 0) is 23.7 Å². The standard InChI is InChI=1S/C28H24N6O5/c1-14-11-15(9-10-29-14)17-12-21-22(33(3)28(39)32(21)2)13-19(17)30-18-6-4-5-16-24(18)27(38)34(26(16)37)20-7-8-23(35)31-25(20)36/h4-6,9-13,20,30H,7-8H2,1-3H3,(H,31,35,36)/t20-/m0/s1. The molecule has 0 bridgehead atoms. The highest BCUT2D eigenvalue weighted by molar-refractivity contribution is 6.25. The third-order valence-corrected chi connectivity index (χ3v) is 7.36. The highest BCUT2D eigenvalue weighted by atomic mass is 16.2. The summed E-state index contributed by atoms with van der Waals surface area (Å²) >= 11 is 0. The van der Waals surface area contributed by atoms with Gasteiger partial charge in [0.25, 0.3) is 11.8 Å². The minimum absolute atomic E-state index is 0.0411. The van der Waals surface area contributed by atoms with Gasteiger partial charge in [0.2, 0.25) is 11.8 Å². The van der Waals surface area contributed by atoms with Crippen LogP contribution in [0.3, 0.4) is 0 Å². The average Bonchev–Trinajstić information content (AvgIpc) is 3.28. The van der Waals surface area contributed by atoms with Crippen molar-refractivity contribution in [3.63, 3.8) is 0 Å². The predicted octanol–water partition coefficient (Wildman–Crippen LogP) is 2.39. The van der Waals surface area contributed by atoms with Crippen LogP contribution in [0.1, 0.15) is 39.3 Å². The molecule has 2 aromatic heterocycles. The molecule has 2 N–H and O–H groups in total. The number of imide groups is 2. The first-order valence-corrected chi connectivity index (χ1v) is 12.4. The number of carbonyl (C=O) groups is 4. The molecule has 0 aliphatic carbocycles. The summed E-state index contributed by atoms with van der Waals surface area (Å²) in [6.45, 7) is 1.88. The summed E-state index contributed by atoms with van der Waals surface area (Å²) in [5, 5.41) is 5.55. The van der Waals surface area contributed by atoms with Crippen LogP contribution in [0.2, 0.25) is 0 Å². The Balaban J connectivity index is 1.48. The van der Waals surface area contributed by atoms with Gasteiger partial charge in [-0.1, -0.05) is 6.07 Å². The Labute approximate surface area is 222 Å². The maximum Gasteiger partial charge on any atom is 0.328 e. The number of carbonyl (C=O) groups excluding carboxylic acids is 4. The molecule has 2 aliphatic heterocycles. The van der Waals surface area contributed by atoms with Gasteiger partial charge in [0.05, 0.1) is 27.8 Å². The molecule has 1 saturated heterocycles. The molecule has 1 fully saturated rings. The van der Waals surface area contributed by atoms with E-state index in [1.54, 1.807) is 43.1 Å². The van der Waals surface area contributed by atoms with Crippen molar-refractivity contribution in [2.75, 3.05) is 5.32 Å². The van der Waals surface area contributed by atoms with E-state index in [-0.39, 0.29) is 29.7 Å². The van der Waals surface area contributed by atoms with E-state index in [9.17, 15) is 24.0 Å². The third-order valence-electron chi connectivity index (χ3n) is 7.36.